The molecule has 1 aliphatic rings. The van der Waals surface area contributed by atoms with Gasteiger partial charge >= 0.3 is 5.69 Å². The zero-order valence-electron chi connectivity index (χ0n) is 10.5. The van der Waals surface area contributed by atoms with Crippen molar-refractivity contribution in [1.82, 2.24) is 9.13 Å². The Hall–Kier alpha value is -0.730. The van der Waals surface area contributed by atoms with Gasteiger partial charge in [0.15, 0.2) is 0 Å². The lowest BCUT2D eigenvalue weighted by Gasteiger charge is -2.29. The smallest absolute Gasteiger partial charge is 0.302 e. The van der Waals surface area contributed by atoms with E-state index in [9.17, 15) is 18.4 Å². The van der Waals surface area contributed by atoms with Gasteiger partial charge in [0.05, 0.1) is 3.57 Å². The van der Waals surface area contributed by atoms with E-state index in [2.05, 4.69) is 0 Å². The first-order chi connectivity index (χ1) is 8.80. The molecule has 1 fully saturated rings. The molecular formula is C12H15F2IN2O2. The van der Waals surface area contributed by atoms with E-state index in [1.165, 1.54) is 10.8 Å². The van der Waals surface area contributed by atoms with Crippen LogP contribution in [0, 0.1) is 9.49 Å². The molecule has 1 aliphatic carbocycles. The van der Waals surface area contributed by atoms with Gasteiger partial charge in [-0.3, -0.25) is 9.36 Å². The number of aryl methyl sites for hydroxylation is 1. The molecule has 1 aromatic rings. The Morgan fingerprint density at radius 2 is 2.16 bits per heavy atom. The second kappa shape index (κ2) is 5.34. The second-order valence-electron chi connectivity index (χ2n) is 5.10. The minimum atomic E-state index is -2.67. The molecule has 0 N–H and O–H groups in total. The number of alkyl halides is 2. The van der Waals surface area contributed by atoms with Gasteiger partial charge in [0, 0.05) is 32.6 Å². The van der Waals surface area contributed by atoms with Crippen molar-refractivity contribution in [3.8, 4) is 0 Å². The molecule has 19 heavy (non-hydrogen) atoms. The van der Waals surface area contributed by atoms with Gasteiger partial charge in [0.2, 0.25) is 5.92 Å². The van der Waals surface area contributed by atoms with Gasteiger partial charge in [0.1, 0.15) is 0 Å². The van der Waals surface area contributed by atoms with E-state index in [0.717, 1.165) is 4.57 Å². The van der Waals surface area contributed by atoms with Crippen molar-refractivity contribution >= 4 is 22.6 Å². The molecule has 1 atom stereocenters. The van der Waals surface area contributed by atoms with Gasteiger partial charge in [-0.05, 0) is 41.4 Å². The summed E-state index contributed by atoms with van der Waals surface area (Å²) in [5.74, 6) is -2.98. The normalized spacial score (nSPS) is 22.4. The van der Waals surface area contributed by atoms with Crippen LogP contribution in [0.15, 0.2) is 15.8 Å². The fourth-order valence-corrected chi connectivity index (χ4v) is 3.25. The van der Waals surface area contributed by atoms with Crippen molar-refractivity contribution in [2.75, 3.05) is 0 Å². The summed E-state index contributed by atoms with van der Waals surface area (Å²) >= 11 is 1.85. The van der Waals surface area contributed by atoms with Crippen LogP contribution in [-0.2, 0) is 13.6 Å². The van der Waals surface area contributed by atoms with Crippen molar-refractivity contribution < 1.29 is 8.78 Å². The van der Waals surface area contributed by atoms with Crippen LogP contribution in [0.25, 0.3) is 0 Å². The predicted octanol–water partition coefficient (Wildman–Crippen LogP) is 1.98. The molecule has 7 heteroatoms. The van der Waals surface area contributed by atoms with E-state index in [1.807, 2.05) is 22.6 Å². The quantitative estimate of drug-likeness (QED) is 0.733. The first-order valence-electron chi connectivity index (χ1n) is 6.14. The van der Waals surface area contributed by atoms with Crippen LogP contribution >= 0.6 is 22.6 Å². The Bertz CT molecular complexity index is 560. The molecule has 0 spiro atoms. The average molecular weight is 384 g/mol. The zero-order chi connectivity index (χ0) is 14.2. The third kappa shape index (κ3) is 3.24. The van der Waals surface area contributed by atoms with Crippen molar-refractivity contribution in [2.45, 2.75) is 38.2 Å². The Morgan fingerprint density at radius 3 is 2.79 bits per heavy atom. The first kappa shape index (κ1) is 14.7. The molecular weight excluding hydrogens is 369 g/mol. The van der Waals surface area contributed by atoms with Gasteiger partial charge in [-0.1, -0.05) is 0 Å². The van der Waals surface area contributed by atoms with Crippen LogP contribution in [0.4, 0.5) is 8.78 Å². The molecule has 0 bridgehead atoms. The summed E-state index contributed by atoms with van der Waals surface area (Å²) in [4.78, 5) is 23.8. The predicted molar refractivity (Wildman–Crippen MR) is 75.6 cm³/mol. The van der Waals surface area contributed by atoms with E-state index >= 15 is 0 Å². The maximum atomic E-state index is 13.3. The van der Waals surface area contributed by atoms with Crippen molar-refractivity contribution in [2.24, 2.45) is 13.0 Å². The summed E-state index contributed by atoms with van der Waals surface area (Å²) in [6.45, 7) is 0.0813. The van der Waals surface area contributed by atoms with Gasteiger partial charge in [0.25, 0.3) is 5.56 Å². The molecule has 0 saturated heterocycles. The highest BCUT2D eigenvalue weighted by molar-refractivity contribution is 14.1. The van der Waals surface area contributed by atoms with Crippen LogP contribution in [-0.4, -0.2) is 15.1 Å². The van der Waals surface area contributed by atoms with Crippen LogP contribution in [0.3, 0.4) is 0 Å². The molecule has 0 aliphatic heterocycles. The second-order valence-corrected chi connectivity index (χ2v) is 6.27. The monoisotopic (exact) mass is 384 g/mol. The Kier molecular flexibility index (Phi) is 4.12. The summed E-state index contributed by atoms with van der Waals surface area (Å²) in [5.41, 5.74) is -0.836. The molecule has 106 valence electrons. The third-order valence-electron chi connectivity index (χ3n) is 3.47. The molecule has 0 amide bonds. The summed E-state index contributed by atoms with van der Waals surface area (Å²) in [6, 6.07) is 0. The molecule has 1 saturated carbocycles. The largest absolute Gasteiger partial charge is 0.330 e. The Morgan fingerprint density at radius 1 is 1.47 bits per heavy atom. The summed E-state index contributed by atoms with van der Waals surface area (Å²) in [5, 5.41) is 0. The minimum absolute atomic E-state index is 0.0813. The highest BCUT2D eigenvalue weighted by Gasteiger charge is 2.36. The topological polar surface area (TPSA) is 44.0 Å². The van der Waals surface area contributed by atoms with Gasteiger partial charge in [-0.25, -0.2) is 13.6 Å². The van der Waals surface area contributed by atoms with E-state index < -0.39 is 17.2 Å². The molecule has 1 heterocycles. The van der Waals surface area contributed by atoms with E-state index in [-0.39, 0.29) is 25.3 Å². The highest BCUT2D eigenvalue weighted by Crippen LogP contribution is 2.36. The van der Waals surface area contributed by atoms with Crippen LogP contribution < -0.4 is 11.2 Å². The van der Waals surface area contributed by atoms with E-state index in [4.69, 9.17) is 0 Å². The molecule has 0 radical (unpaired) electrons. The van der Waals surface area contributed by atoms with Crippen molar-refractivity contribution in [1.29, 1.82) is 0 Å². The number of hydrogen-bond acceptors (Lipinski definition) is 2. The van der Waals surface area contributed by atoms with Gasteiger partial charge in [-0.2, -0.15) is 0 Å². The van der Waals surface area contributed by atoms with Crippen molar-refractivity contribution in [3.63, 3.8) is 0 Å². The molecule has 0 aromatic carbocycles. The zero-order valence-corrected chi connectivity index (χ0v) is 12.7. The Labute approximate surface area is 122 Å². The number of nitrogens with zero attached hydrogens (tertiary/aromatic N) is 2. The van der Waals surface area contributed by atoms with Crippen LogP contribution in [0.5, 0.6) is 0 Å². The summed E-state index contributed by atoms with van der Waals surface area (Å²) in [6.07, 6.45) is 2.20. The molecule has 1 aromatic heterocycles. The maximum absolute atomic E-state index is 13.3. The van der Waals surface area contributed by atoms with Gasteiger partial charge in [-0.15, -0.1) is 0 Å². The molecule has 1 unspecified atom stereocenters. The van der Waals surface area contributed by atoms with E-state index in [0.29, 0.717) is 16.4 Å². The Balaban J connectivity index is 2.29. The van der Waals surface area contributed by atoms with Crippen LogP contribution in [0.2, 0.25) is 0 Å². The molecule has 2 rings (SSSR count). The minimum Gasteiger partial charge on any atom is -0.302 e. The lowest BCUT2D eigenvalue weighted by Crippen LogP contribution is -2.42. The van der Waals surface area contributed by atoms with Crippen LogP contribution in [0.1, 0.15) is 25.7 Å². The SMILES string of the molecule is Cn1cc(I)c(=O)n(CC2CCCC(F)(F)C2)c1=O. The lowest BCUT2D eigenvalue weighted by atomic mass is 9.86. The first-order valence-corrected chi connectivity index (χ1v) is 7.22. The fraction of sp³-hybridized carbons (Fsp3) is 0.667. The lowest BCUT2D eigenvalue weighted by molar-refractivity contribution is -0.0550. The third-order valence-corrected chi connectivity index (χ3v) is 4.21. The fourth-order valence-electron chi connectivity index (χ4n) is 2.54. The highest BCUT2D eigenvalue weighted by atomic mass is 127. The average Bonchev–Trinajstić information content (AvgIpc) is 2.31. The number of rotatable bonds is 2. The van der Waals surface area contributed by atoms with Crippen molar-refractivity contribution in [3.05, 3.63) is 30.6 Å². The van der Waals surface area contributed by atoms with Gasteiger partial charge < -0.3 is 4.57 Å². The summed E-state index contributed by atoms with van der Waals surface area (Å²) in [7, 11) is 1.55. The number of halogens is 3. The number of hydrogen-bond donors (Lipinski definition) is 0. The van der Waals surface area contributed by atoms with E-state index in [1.54, 1.807) is 7.05 Å². The number of aromatic nitrogens is 2. The standard InChI is InChI=1S/C12H15F2IN2O2/c1-16-7-9(15)10(18)17(11(16)19)6-8-3-2-4-12(13,14)5-8/h7-8H,2-6H2,1H3. The molecule has 4 nitrogen and oxygen atoms in total. The summed E-state index contributed by atoms with van der Waals surface area (Å²) < 4.78 is 29.5. The maximum Gasteiger partial charge on any atom is 0.330 e.